The van der Waals surface area contributed by atoms with Crippen molar-refractivity contribution in [1.29, 1.82) is 0 Å². The zero-order valence-electron chi connectivity index (χ0n) is 17.6. The van der Waals surface area contributed by atoms with Gasteiger partial charge in [-0.25, -0.2) is 8.42 Å². The van der Waals surface area contributed by atoms with Crippen LogP contribution in [0.15, 0.2) is 71.6 Å². The van der Waals surface area contributed by atoms with Crippen LogP contribution in [0.3, 0.4) is 0 Å². The zero-order valence-corrected chi connectivity index (χ0v) is 18.4. The average molecular weight is 437 g/mol. The molecule has 0 bridgehead atoms. The first-order valence-electron chi connectivity index (χ1n) is 9.99. The number of nitrogens with zero attached hydrogens (tertiary/aromatic N) is 1. The molecule has 3 aromatic carbocycles. The molecule has 0 aromatic heterocycles. The lowest BCUT2D eigenvalue weighted by atomic mass is 10.1. The third-order valence-electron chi connectivity index (χ3n) is 5.40. The van der Waals surface area contributed by atoms with E-state index in [-0.39, 0.29) is 16.8 Å². The van der Waals surface area contributed by atoms with Crippen LogP contribution in [0.25, 0.3) is 0 Å². The third-order valence-corrected chi connectivity index (χ3v) is 7.34. The number of ether oxygens (including phenoxy) is 1. The number of carbonyl (C=O) groups excluding carboxylic acids is 1. The molecule has 1 N–H and O–H groups in total. The van der Waals surface area contributed by atoms with E-state index in [2.05, 4.69) is 5.32 Å². The van der Waals surface area contributed by atoms with Crippen LogP contribution in [0.2, 0.25) is 0 Å². The van der Waals surface area contributed by atoms with Crippen molar-refractivity contribution in [3.05, 3.63) is 83.4 Å². The summed E-state index contributed by atoms with van der Waals surface area (Å²) in [5.74, 6) is 0.390. The van der Waals surface area contributed by atoms with Gasteiger partial charge in [0.15, 0.2) is 0 Å². The number of hydrogen-bond acceptors (Lipinski definition) is 4. The first kappa shape index (κ1) is 20.9. The fourth-order valence-corrected chi connectivity index (χ4v) is 5.53. The maximum atomic E-state index is 13.3. The molecule has 1 aliphatic heterocycles. The van der Waals surface area contributed by atoms with E-state index in [1.807, 2.05) is 13.8 Å². The molecular formula is C24H24N2O4S. The van der Waals surface area contributed by atoms with Crippen molar-refractivity contribution in [2.75, 3.05) is 16.7 Å². The van der Waals surface area contributed by atoms with E-state index in [1.165, 1.54) is 4.31 Å². The molecule has 0 saturated carbocycles. The Morgan fingerprint density at radius 3 is 2.52 bits per heavy atom. The van der Waals surface area contributed by atoms with E-state index in [4.69, 9.17) is 4.74 Å². The second-order valence-electron chi connectivity index (χ2n) is 7.70. The molecular weight excluding hydrogens is 412 g/mol. The first-order valence-corrected chi connectivity index (χ1v) is 11.4. The Kier molecular flexibility index (Phi) is 5.45. The van der Waals surface area contributed by atoms with Gasteiger partial charge in [-0.15, -0.1) is 0 Å². The number of rotatable bonds is 5. The van der Waals surface area contributed by atoms with Gasteiger partial charge in [0.25, 0.3) is 15.9 Å². The predicted octanol–water partition coefficient (Wildman–Crippen LogP) is 4.40. The minimum Gasteiger partial charge on any atom is -0.497 e. The topological polar surface area (TPSA) is 75.7 Å². The first-order chi connectivity index (χ1) is 14.8. The van der Waals surface area contributed by atoms with E-state index in [0.717, 1.165) is 11.1 Å². The zero-order chi connectivity index (χ0) is 22.2. The van der Waals surface area contributed by atoms with Crippen molar-refractivity contribution >= 4 is 27.3 Å². The molecule has 0 spiro atoms. The van der Waals surface area contributed by atoms with E-state index >= 15 is 0 Å². The highest BCUT2D eigenvalue weighted by atomic mass is 32.2. The number of anilines is 2. The van der Waals surface area contributed by atoms with Crippen LogP contribution in [-0.4, -0.2) is 27.5 Å². The van der Waals surface area contributed by atoms with Gasteiger partial charge >= 0.3 is 0 Å². The summed E-state index contributed by atoms with van der Waals surface area (Å²) in [7, 11) is -2.12. The smallest absolute Gasteiger partial charge is 0.264 e. The summed E-state index contributed by atoms with van der Waals surface area (Å²) in [6.07, 6.45) is 0.542. The van der Waals surface area contributed by atoms with Crippen LogP contribution < -0.4 is 14.4 Å². The second kappa shape index (κ2) is 8.07. The van der Waals surface area contributed by atoms with Gasteiger partial charge < -0.3 is 10.1 Å². The van der Waals surface area contributed by atoms with Gasteiger partial charge in [0, 0.05) is 23.4 Å². The average Bonchev–Trinajstić information content (AvgIpc) is 3.09. The fourth-order valence-electron chi connectivity index (χ4n) is 3.84. The number of nitrogens with one attached hydrogen (secondary N) is 1. The standard InChI is InChI=1S/C24H24N2O4S/c1-16-7-10-22(11-8-16)31(28,29)26-17(2)13-19-14-18(9-12-23(19)26)24(27)25-20-5-4-6-21(15-20)30-3/h4-12,14-15,17H,13H2,1-3H3,(H,25,27)/t17-/m1/s1. The number of fused-ring (bicyclic) bond motifs is 1. The van der Waals surface area contributed by atoms with Gasteiger partial charge in [-0.3, -0.25) is 9.10 Å². The number of amides is 1. The summed E-state index contributed by atoms with van der Waals surface area (Å²) >= 11 is 0. The van der Waals surface area contributed by atoms with Gasteiger partial charge in [0.1, 0.15) is 5.75 Å². The Labute approximate surface area is 182 Å². The SMILES string of the molecule is COc1cccc(NC(=O)c2ccc3c(c2)C[C@@H](C)N3S(=O)(=O)c2ccc(C)cc2)c1. The normalized spacial score (nSPS) is 15.5. The summed E-state index contributed by atoms with van der Waals surface area (Å²) in [5, 5.41) is 2.86. The van der Waals surface area contributed by atoms with Crippen molar-refractivity contribution < 1.29 is 17.9 Å². The molecule has 6 nitrogen and oxygen atoms in total. The van der Waals surface area contributed by atoms with Crippen LogP contribution in [0.4, 0.5) is 11.4 Å². The molecule has 1 amide bonds. The van der Waals surface area contributed by atoms with Crippen molar-refractivity contribution in [3.63, 3.8) is 0 Å². The van der Waals surface area contributed by atoms with Crippen molar-refractivity contribution in [3.8, 4) is 5.75 Å². The molecule has 4 rings (SSSR count). The van der Waals surface area contributed by atoms with E-state index < -0.39 is 10.0 Å². The minimum atomic E-state index is -3.69. The van der Waals surface area contributed by atoms with Crippen LogP contribution in [-0.2, 0) is 16.4 Å². The molecule has 0 aliphatic carbocycles. The lowest BCUT2D eigenvalue weighted by Gasteiger charge is -2.24. The van der Waals surface area contributed by atoms with Gasteiger partial charge in [0.2, 0.25) is 0 Å². The number of methoxy groups -OCH3 is 1. The van der Waals surface area contributed by atoms with E-state index in [0.29, 0.717) is 29.1 Å². The summed E-state index contributed by atoms with van der Waals surface area (Å²) in [5.41, 5.74) is 3.55. The molecule has 3 aromatic rings. The largest absolute Gasteiger partial charge is 0.497 e. The van der Waals surface area contributed by atoms with Gasteiger partial charge in [-0.2, -0.15) is 0 Å². The Morgan fingerprint density at radius 2 is 1.81 bits per heavy atom. The van der Waals surface area contributed by atoms with E-state index in [9.17, 15) is 13.2 Å². The van der Waals surface area contributed by atoms with Crippen LogP contribution in [0.1, 0.15) is 28.4 Å². The summed E-state index contributed by atoms with van der Waals surface area (Å²) in [4.78, 5) is 13.0. The Morgan fingerprint density at radius 1 is 1.06 bits per heavy atom. The second-order valence-corrected chi connectivity index (χ2v) is 9.51. The molecule has 0 fully saturated rings. The molecule has 0 radical (unpaired) electrons. The highest BCUT2D eigenvalue weighted by Gasteiger charge is 2.36. The number of carbonyl (C=O) groups is 1. The number of aryl methyl sites for hydroxylation is 1. The Balaban J connectivity index is 1.61. The number of benzene rings is 3. The van der Waals surface area contributed by atoms with Crippen molar-refractivity contribution in [2.24, 2.45) is 0 Å². The third kappa shape index (κ3) is 4.01. The van der Waals surface area contributed by atoms with Gasteiger partial charge in [0.05, 0.1) is 17.7 Å². The van der Waals surface area contributed by atoms with Gasteiger partial charge in [-0.05, 0) is 68.3 Å². The van der Waals surface area contributed by atoms with Crippen molar-refractivity contribution in [1.82, 2.24) is 0 Å². The Hall–Kier alpha value is -3.32. The quantitative estimate of drug-likeness (QED) is 0.643. The van der Waals surface area contributed by atoms with Crippen LogP contribution in [0, 0.1) is 6.92 Å². The molecule has 1 aliphatic rings. The summed E-state index contributed by atoms with van der Waals surface area (Å²) in [6.45, 7) is 3.80. The molecule has 7 heteroatoms. The molecule has 0 saturated heterocycles. The maximum Gasteiger partial charge on any atom is 0.264 e. The lowest BCUT2D eigenvalue weighted by Crippen LogP contribution is -2.35. The molecule has 31 heavy (non-hydrogen) atoms. The minimum absolute atomic E-state index is 0.238. The van der Waals surface area contributed by atoms with Crippen LogP contribution >= 0.6 is 0 Å². The summed E-state index contributed by atoms with van der Waals surface area (Å²) in [6, 6.07) is 18.9. The number of sulfonamides is 1. The highest BCUT2D eigenvalue weighted by Crippen LogP contribution is 2.37. The molecule has 1 atom stereocenters. The maximum absolute atomic E-state index is 13.3. The lowest BCUT2D eigenvalue weighted by molar-refractivity contribution is 0.102. The van der Waals surface area contributed by atoms with Gasteiger partial charge in [-0.1, -0.05) is 23.8 Å². The monoisotopic (exact) mass is 436 g/mol. The molecule has 1 heterocycles. The van der Waals surface area contributed by atoms with Crippen molar-refractivity contribution in [2.45, 2.75) is 31.2 Å². The number of hydrogen-bond donors (Lipinski definition) is 1. The predicted molar refractivity (Wildman–Crippen MR) is 121 cm³/mol. The fraction of sp³-hybridized carbons (Fsp3) is 0.208. The van der Waals surface area contributed by atoms with Crippen LogP contribution in [0.5, 0.6) is 5.75 Å². The molecule has 0 unspecified atom stereocenters. The molecule has 160 valence electrons. The Bertz CT molecular complexity index is 1240. The summed E-state index contributed by atoms with van der Waals surface area (Å²) < 4.78 is 33.2. The van der Waals surface area contributed by atoms with E-state index in [1.54, 1.807) is 73.8 Å². The highest BCUT2D eigenvalue weighted by molar-refractivity contribution is 7.92.